The summed E-state index contributed by atoms with van der Waals surface area (Å²) in [5.41, 5.74) is 12.5. The summed E-state index contributed by atoms with van der Waals surface area (Å²) in [5, 5.41) is 0.203. The molecule has 4 nitrogen and oxygen atoms in total. The van der Waals surface area contributed by atoms with E-state index in [9.17, 15) is 0 Å². The molecule has 5 heteroatoms. The first-order chi connectivity index (χ1) is 7.06. The van der Waals surface area contributed by atoms with Crippen LogP contribution >= 0.6 is 11.6 Å². The van der Waals surface area contributed by atoms with E-state index in [-0.39, 0.29) is 16.9 Å². The topological polar surface area (TPSA) is 76.8 Å². The quantitative estimate of drug-likeness (QED) is 0.719. The summed E-state index contributed by atoms with van der Waals surface area (Å²) >= 11 is 5.93. The second-order valence-corrected chi connectivity index (χ2v) is 3.71. The minimum atomic E-state index is 0.147. The van der Waals surface area contributed by atoms with Crippen molar-refractivity contribution in [1.82, 2.24) is 0 Å². The minimum Gasteiger partial charge on any atom is -0.400 e. The van der Waals surface area contributed by atoms with E-state index >= 15 is 0 Å². The number of hydrogen-bond donors (Lipinski definition) is 2. The Morgan fingerprint density at radius 2 is 2.47 bits per heavy atom. The molecule has 1 aliphatic heterocycles. The number of halogens is 1. The highest BCUT2D eigenvalue weighted by Gasteiger charge is 2.19. The average Bonchev–Trinajstić information content (AvgIpc) is 2.17. The van der Waals surface area contributed by atoms with Gasteiger partial charge in [0.1, 0.15) is 11.5 Å². The maximum absolute atomic E-state index is 5.94. The van der Waals surface area contributed by atoms with Gasteiger partial charge < -0.3 is 11.5 Å². The Labute approximate surface area is 94.4 Å². The fourth-order valence-electron chi connectivity index (χ4n) is 1.40. The first-order valence-electron chi connectivity index (χ1n) is 4.77. The second-order valence-electron chi connectivity index (χ2n) is 3.35. The van der Waals surface area contributed by atoms with Gasteiger partial charge in [0.2, 0.25) is 0 Å². The van der Waals surface area contributed by atoms with Crippen LogP contribution in [0.2, 0.25) is 0 Å². The lowest BCUT2D eigenvalue weighted by Gasteiger charge is -2.19. The molecule has 1 atom stereocenters. The zero-order valence-corrected chi connectivity index (χ0v) is 9.46. The van der Waals surface area contributed by atoms with Crippen LogP contribution in [-0.2, 0) is 0 Å². The normalized spacial score (nSPS) is 22.0. The molecular formula is C10H15ClN4. The van der Waals surface area contributed by atoms with E-state index in [2.05, 4.69) is 23.5 Å². The summed E-state index contributed by atoms with van der Waals surface area (Å²) in [6.45, 7) is 5.52. The van der Waals surface area contributed by atoms with Crippen molar-refractivity contribution in [3.63, 3.8) is 0 Å². The van der Waals surface area contributed by atoms with Crippen LogP contribution in [0.4, 0.5) is 0 Å². The highest BCUT2D eigenvalue weighted by atomic mass is 35.5. The third-order valence-corrected chi connectivity index (χ3v) is 2.52. The van der Waals surface area contributed by atoms with Crippen LogP contribution in [0.25, 0.3) is 0 Å². The van der Waals surface area contributed by atoms with Gasteiger partial charge in [0.05, 0.1) is 0 Å². The lowest BCUT2D eigenvalue weighted by atomic mass is 9.96. The zero-order chi connectivity index (χ0) is 11.4. The van der Waals surface area contributed by atoms with E-state index < -0.39 is 0 Å². The Bertz CT molecular complexity index is 354. The summed E-state index contributed by atoms with van der Waals surface area (Å²) < 4.78 is 0. The molecule has 1 heterocycles. The molecule has 0 aromatic heterocycles. The smallest absolute Gasteiger partial charge is 0.158 e. The number of aliphatic imine (C=N–C) groups is 2. The summed E-state index contributed by atoms with van der Waals surface area (Å²) in [6, 6.07) is 0. The van der Waals surface area contributed by atoms with Crippen molar-refractivity contribution < 1.29 is 0 Å². The first kappa shape index (κ1) is 11.8. The zero-order valence-electron chi connectivity index (χ0n) is 8.70. The average molecular weight is 227 g/mol. The standard InChI is InChI=1S/C10H15ClN4/c1-3-7-4-5-14-9(8(7)13)10(11)15-6(2)12/h5,7H,2-4,12-13H2,1H3/b15-10+. The van der Waals surface area contributed by atoms with Gasteiger partial charge in [-0.3, -0.25) is 4.99 Å². The number of allylic oxidation sites excluding steroid dienone is 2. The predicted octanol–water partition coefficient (Wildman–Crippen LogP) is 1.72. The van der Waals surface area contributed by atoms with Gasteiger partial charge in [0, 0.05) is 17.8 Å². The molecule has 0 aliphatic carbocycles. The lowest BCUT2D eigenvalue weighted by Crippen LogP contribution is -2.20. The Hall–Kier alpha value is -1.29. The van der Waals surface area contributed by atoms with Crippen LogP contribution in [0.5, 0.6) is 0 Å². The monoisotopic (exact) mass is 226 g/mol. The molecule has 0 aromatic carbocycles. The largest absolute Gasteiger partial charge is 0.400 e. The van der Waals surface area contributed by atoms with Crippen LogP contribution in [-0.4, -0.2) is 11.4 Å². The van der Waals surface area contributed by atoms with Crippen LogP contribution in [0, 0.1) is 5.92 Å². The molecule has 0 fully saturated rings. The molecular weight excluding hydrogens is 212 g/mol. The van der Waals surface area contributed by atoms with Crippen LogP contribution in [0.1, 0.15) is 19.8 Å². The fourth-order valence-corrected chi connectivity index (χ4v) is 1.67. The fraction of sp³-hybridized carbons (Fsp3) is 0.400. The third kappa shape index (κ3) is 2.83. The van der Waals surface area contributed by atoms with Crippen molar-refractivity contribution >= 4 is 23.0 Å². The van der Waals surface area contributed by atoms with E-state index in [1.54, 1.807) is 6.21 Å². The van der Waals surface area contributed by atoms with Crippen molar-refractivity contribution in [3.8, 4) is 0 Å². The van der Waals surface area contributed by atoms with Crippen molar-refractivity contribution in [3.05, 3.63) is 23.8 Å². The van der Waals surface area contributed by atoms with Gasteiger partial charge in [-0.05, 0) is 12.8 Å². The maximum atomic E-state index is 5.94. The molecule has 0 bridgehead atoms. The number of nitrogens with two attached hydrogens (primary N) is 2. The van der Waals surface area contributed by atoms with Crippen LogP contribution in [0.3, 0.4) is 0 Å². The molecule has 0 aromatic rings. The van der Waals surface area contributed by atoms with Gasteiger partial charge >= 0.3 is 0 Å². The third-order valence-electron chi connectivity index (χ3n) is 2.25. The summed E-state index contributed by atoms with van der Waals surface area (Å²) in [5.74, 6) is 0.432. The number of nitrogens with zero attached hydrogens (tertiary/aromatic N) is 2. The van der Waals surface area contributed by atoms with Crippen molar-refractivity contribution in [2.45, 2.75) is 19.8 Å². The molecule has 0 spiro atoms. The first-order valence-corrected chi connectivity index (χ1v) is 5.15. The SMILES string of the molecule is C=C(N)/N=C(/Cl)C1=C(N)C(CC)CC=N1. The Balaban J connectivity index is 3.02. The molecule has 4 N–H and O–H groups in total. The van der Waals surface area contributed by atoms with Gasteiger partial charge in [-0.15, -0.1) is 0 Å². The van der Waals surface area contributed by atoms with Gasteiger partial charge in [0.25, 0.3) is 0 Å². The molecule has 82 valence electrons. The Morgan fingerprint density at radius 1 is 1.80 bits per heavy atom. The highest BCUT2D eigenvalue weighted by Crippen LogP contribution is 2.24. The summed E-state index contributed by atoms with van der Waals surface area (Å²) in [6.07, 6.45) is 3.60. The molecule has 0 saturated heterocycles. The number of hydrogen-bond acceptors (Lipinski definition) is 4. The van der Waals surface area contributed by atoms with Crippen LogP contribution < -0.4 is 11.5 Å². The highest BCUT2D eigenvalue weighted by molar-refractivity contribution is 6.69. The molecule has 1 rings (SSSR count). The van der Waals surface area contributed by atoms with Crippen molar-refractivity contribution in [2.75, 3.05) is 0 Å². The van der Waals surface area contributed by atoms with E-state index in [0.717, 1.165) is 12.8 Å². The summed E-state index contributed by atoms with van der Waals surface area (Å²) in [7, 11) is 0. The lowest BCUT2D eigenvalue weighted by molar-refractivity contribution is 0.602. The maximum Gasteiger partial charge on any atom is 0.158 e. The Morgan fingerprint density at radius 3 is 3.00 bits per heavy atom. The molecule has 1 aliphatic rings. The van der Waals surface area contributed by atoms with Crippen molar-refractivity contribution in [2.24, 2.45) is 27.4 Å². The minimum absolute atomic E-state index is 0.147. The van der Waals surface area contributed by atoms with E-state index in [1.165, 1.54) is 0 Å². The van der Waals surface area contributed by atoms with E-state index in [0.29, 0.717) is 11.4 Å². The van der Waals surface area contributed by atoms with Gasteiger partial charge in [-0.2, -0.15) is 0 Å². The van der Waals surface area contributed by atoms with Gasteiger partial charge in [-0.25, -0.2) is 4.99 Å². The molecule has 0 amide bonds. The summed E-state index contributed by atoms with van der Waals surface area (Å²) in [4.78, 5) is 7.97. The second kappa shape index (κ2) is 4.98. The molecule has 0 saturated carbocycles. The van der Waals surface area contributed by atoms with E-state index in [1.807, 2.05) is 0 Å². The van der Waals surface area contributed by atoms with Crippen molar-refractivity contribution in [1.29, 1.82) is 0 Å². The molecule has 15 heavy (non-hydrogen) atoms. The van der Waals surface area contributed by atoms with Crippen LogP contribution in [0.15, 0.2) is 33.8 Å². The Kier molecular flexibility index (Phi) is 3.91. The van der Waals surface area contributed by atoms with Gasteiger partial charge in [0.15, 0.2) is 5.17 Å². The molecule has 0 radical (unpaired) electrons. The predicted molar refractivity (Wildman–Crippen MR) is 64.7 cm³/mol. The molecule has 1 unspecified atom stereocenters. The number of rotatable bonds is 3. The van der Waals surface area contributed by atoms with E-state index in [4.69, 9.17) is 23.1 Å². The van der Waals surface area contributed by atoms with Gasteiger partial charge in [-0.1, -0.05) is 25.1 Å².